The Morgan fingerprint density at radius 2 is 1.69 bits per heavy atom. The fourth-order valence-corrected chi connectivity index (χ4v) is 5.79. The molecule has 1 aromatic heterocycles. The SMILES string of the molecule is CC[C@H](C)[C@@H](CN(Cc1cccc2ccccc12)C(=S)NC(=O)c1ccccc1)NC(=O)Cc1cncn1Cc1ccc([N+](=O)[O-])cc1. The molecule has 246 valence electrons. The Labute approximate surface area is 284 Å². The molecule has 10 nitrogen and oxygen atoms in total. The van der Waals surface area contributed by atoms with Crippen molar-refractivity contribution in [2.75, 3.05) is 6.54 Å². The second-order valence-electron chi connectivity index (χ2n) is 11.8. The van der Waals surface area contributed by atoms with Crippen LogP contribution in [-0.4, -0.2) is 48.9 Å². The Morgan fingerprint density at radius 3 is 2.42 bits per heavy atom. The maximum atomic E-state index is 13.6. The number of nitrogens with one attached hydrogen (secondary N) is 2. The highest BCUT2D eigenvalue weighted by molar-refractivity contribution is 7.80. The molecule has 5 aromatic rings. The summed E-state index contributed by atoms with van der Waals surface area (Å²) in [5, 5.41) is 19.7. The van der Waals surface area contributed by atoms with Gasteiger partial charge in [-0.1, -0.05) is 93.1 Å². The fraction of sp³-hybridized carbons (Fsp3) is 0.243. The maximum absolute atomic E-state index is 13.6. The van der Waals surface area contributed by atoms with Crippen molar-refractivity contribution in [3.63, 3.8) is 0 Å². The number of thiocarbonyl (C=S) groups is 1. The number of benzene rings is 4. The Morgan fingerprint density at radius 1 is 0.979 bits per heavy atom. The van der Waals surface area contributed by atoms with Gasteiger partial charge in [0.1, 0.15) is 0 Å². The average molecular weight is 663 g/mol. The van der Waals surface area contributed by atoms with Crippen LogP contribution in [0.5, 0.6) is 0 Å². The van der Waals surface area contributed by atoms with E-state index in [-0.39, 0.29) is 41.0 Å². The van der Waals surface area contributed by atoms with Crippen LogP contribution in [0.15, 0.2) is 110 Å². The summed E-state index contributed by atoms with van der Waals surface area (Å²) in [4.78, 5) is 43.5. The first-order chi connectivity index (χ1) is 23.2. The van der Waals surface area contributed by atoms with Gasteiger partial charge in [-0.05, 0) is 52.2 Å². The van der Waals surface area contributed by atoms with E-state index in [2.05, 4.69) is 53.7 Å². The third-order valence-electron chi connectivity index (χ3n) is 8.52. The van der Waals surface area contributed by atoms with E-state index in [1.165, 1.54) is 12.1 Å². The third kappa shape index (κ3) is 8.68. The lowest BCUT2D eigenvalue weighted by atomic mass is 9.97. The Balaban J connectivity index is 1.34. The molecule has 0 bridgehead atoms. The van der Waals surface area contributed by atoms with Gasteiger partial charge in [0, 0.05) is 55.3 Å². The monoisotopic (exact) mass is 662 g/mol. The van der Waals surface area contributed by atoms with Gasteiger partial charge < -0.3 is 14.8 Å². The molecular formula is C37H38N6O4S. The third-order valence-corrected chi connectivity index (χ3v) is 8.88. The van der Waals surface area contributed by atoms with Gasteiger partial charge in [-0.2, -0.15) is 0 Å². The van der Waals surface area contributed by atoms with Gasteiger partial charge in [0.25, 0.3) is 11.6 Å². The number of nitro groups is 1. The van der Waals surface area contributed by atoms with Crippen LogP contribution in [0.4, 0.5) is 5.69 Å². The summed E-state index contributed by atoms with van der Waals surface area (Å²) < 4.78 is 1.86. The van der Waals surface area contributed by atoms with Gasteiger partial charge in [-0.15, -0.1) is 0 Å². The lowest BCUT2D eigenvalue weighted by Crippen LogP contribution is -2.52. The van der Waals surface area contributed by atoms with Crippen molar-refractivity contribution in [1.29, 1.82) is 0 Å². The molecule has 0 saturated carbocycles. The van der Waals surface area contributed by atoms with Gasteiger partial charge in [-0.25, -0.2) is 4.98 Å². The predicted molar refractivity (Wildman–Crippen MR) is 190 cm³/mol. The molecule has 0 aliphatic rings. The standard InChI is InChI=1S/C37H38N6O4S/c1-3-26(2)34(39-35(44)20-32-21-38-25-42(32)22-27-16-18-31(19-17-27)43(46)47)24-41(37(48)40-36(45)29-11-5-4-6-12-29)23-30-14-9-13-28-10-7-8-15-33(28)30/h4-19,21,25-26,34H,3,20,22-24H2,1-2H3,(H,39,44)(H,40,45,48)/t26-,34+/m0/s1. The van der Waals surface area contributed by atoms with Gasteiger partial charge in [0.15, 0.2) is 5.11 Å². The van der Waals surface area contributed by atoms with Gasteiger partial charge >= 0.3 is 0 Å². The van der Waals surface area contributed by atoms with Gasteiger partial charge in [0.2, 0.25) is 5.91 Å². The number of hydrogen-bond donors (Lipinski definition) is 2. The number of hydrogen-bond acceptors (Lipinski definition) is 6. The second-order valence-corrected chi connectivity index (χ2v) is 12.2. The van der Waals surface area contributed by atoms with E-state index in [1.54, 1.807) is 48.9 Å². The molecule has 0 fully saturated rings. The van der Waals surface area contributed by atoms with Gasteiger partial charge in [-0.3, -0.25) is 25.0 Å². The van der Waals surface area contributed by atoms with Crippen LogP contribution in [0.2, 0.25) is 0 Å². The van der Waals surface area contributed by atoms with Crippen LogP contribution < -0.4 is 10.6 Å². The van der Waals surface area contributed by atoms with Crippen LogP contribution in [0.3, 0.4) is 0 Å². The summed E-state index contributed by atoms with van der Waals surface area (Å²) in [5.41, 5.74) is 3.14. The van der Waals surface area contributed by atoms with E-state index in [1.807, 2.05) is 33.7 Å². The van der Waals surface area contributed by atoms with Crippen molar-refractivity contribution in [3.05, 3.63) is 142 Å². The molecule has 5 rings (SSSR count). The zero-order valence-electron chi connectivity index (χ0n) is 26.9. The van der Waals surface area contributed by atoms with Crippen LogP contribution >= 0.6 is 12.2 Å². The predicted octanol–water partition coefficient (Wildman–Crippen LogP) is 6.28. The smallest absolute Gasteiger partial charge is 0.269 e. The van der Waals surface area contributed by atoms with Crippen molar-refractivity contribution in [2.45, 2.75) is 45.8 Å². The molecule has 2 amide bonds. The molecule has 48 heavy (non-hydrogen) atoms. The van der Waals surface area contributed by atoms with E-state index >= 15 is 0 Å². The fourth-order valence-electron chi connectivity index (χ4n) is 5.56. The largest absolute Gasteiger partial charge is 0.351 e. The zero-order chi connectivity index (χ0) is 34.0. The Hall–Kier alpha value is -5.42. The molecule has 0 radical (unpaired) electrons. The summed E-state index contributed by atoms with van der Waals surface area (Å²) in [7, 11) is 0. The van der Waals surface area contributed by atoms with E-state index in [0.717, 1.165) is 28.3 Å². The zero-order valence-corrected chi connectivity index (χ0v) is 27.7. The minimum Gasteiger partial charge on any atom is -0.351 e. The topological polar surface area (TPSA) is 122 Å². The molecule has 2 N–H and O–H groups in total. The first kappa shape index (κ1) is 33.9. The molecule has 0 aliphatic heterocycles. The number of carbonyl (C=O) groups is 2. The lowest BCUT2D eigenvalue weighted by Gasteiger charge is -2.33. The number of non-ortho nitro benzene ring substituents is 1. The molecule has 0 spiro atoms. The number of aromatic nitrogens is 2. The molecule has 4 aromatic carbocycles. The average Bonchev–Trinajstić information content (AvgIpc) is 3.53. The van der Waals surface area contributed by atoms with Crippen LogP contribution in [0.1, 0.15) is 47.4 Å². The molecule has 0 aliphatic carbocycles. The highest BCUT2D eigenvalue weighted by atomic mass is 32.1. The van der Waals surface area contributed by atoms with Crippen molar-refractivity contribution in [2.24, 2.45) is 5.92 Å². The summed E-state index contributed by atoms with van der Waals surface area (Å²) in [6.07, 6.45) is 4.22. The number of amides is 2. The number of carbonyl (C=O) groups excluding carboxylic acids is 2. The summed E-state index contributed by atoms with van der Waals surface area (Å²) in [6, 6.07) is 29.2. The van der Waals surface area contributed by atoms with E-state index in [0.29, 0.717) is 30.9 Å². The van der Waals surface area contributed by atoms with Crippen molar-refractivity contribution >= 4 is 45.6 Å². The normalized spacial score (nSPS) is 12.2. The second kappa shape index (κ2) is 15.9. The first-order valence-corrected chi connectivity index (χ1v) is 16.3. The van der Waals surface area contributed by atoms with E-state index < -0.39 is 4.92 Å². The molecule has 11 heteroatoms. The summed E-state index contributed by atoms with van der Waals surface area (Å²) in [5.74, 6) is -0.370. The van der Waals surface area contributed by atoms with E-state index in [9.17, 15) is 19.7 Å². The molecule has 1 heterocycles. The van der Waals surface area contributed by atoms with Crippen LogP contribution in [0.25, 0.3) is 10.8 Å². The van der Waals surface area contributed by atoms with Crippen molar-refractivity contribution < 1.29 is 14.5 Å². The Bertz CT molecular complexity index is 1890. The summed E-state index contributed by atoms with van der Waals surface area (Å²) >= 11 is 5.86. The van der Waals surface area contributed by atoms with Crippen LogP contribution in [0, 0.1) is 16.0 Å². The van der Waals surface area contributed by atoms with Gasteiger partial charge in [0.05, 0.1) is 17.7 Å². The van der Waals surface area contributed by atoms with E-state index in [4.69, 9.17) is 12.2 Å². The maximum Gasteiger partial charge on any atom is 0.269 e. The summed E-state index contributed by atoms with van der Waals surface area (Å²) in [6.45, 7) is 5.39. The number of nitrogens with zero attached hydrogens (tertiary/aromatic N) is 4. The van der Waals surface area contributed by atoms with Crippen molar-refractivity contribution in [3.8, 4) is 0 Å². The van der Waals surface area contributed by atoms with Crippen LogP contribution in [-0.2, 0) is 24.3 Å². The number of nitro benzene ring substituents is 1. The minimum atomic E-state index is -0.433. The number of rotatable bonds is 13. The van der Waals surface area contributed by atoms with Crippen molar-refractivity contribution in [1.82, 2.24) is 25.1 Å². The Kier molecular flexibility index (Phi) is 11.3. The number of imidazole rings is 1. The quantitative estimate of drug-likeness (QED) is 0.0864. The minimum absolute atomic E-state index is 0.0219. The molecular weight excluding hydrogens is 625 g/mol. The lowest BCUT2D eigenvalue weighted by molar-refractivity contribution is -0.384. The highest BCUT2D eigenvalue weighted by Crippen LogP contribution is 2.22. The highest BCUT2D eigenvalue weighted by Gasteiger charge is 2.25. The molecule has 0 saturated heterocycles. The number of fused-ring (bicyclic) bond motifs is 1. The first-order valence-electron chi connectivity index (χ1n) is 15.9. The molecule has 0 unspecified atom stereocenters. The molecule has 2 atom stereocenters.